The lowest BCUT2D eigenvalue weighted by molar-refractivity contribution is -0.114. The van der Waals surface area contributed by atoms with E-state index in [1.807, 2.05) is 0 Å². The number of carbonyl (C=O) groups excluding carboxylic acids is 1. The number of rotatable bonds is 3. The van der Waals surface area contributed by atoms with Crippen molar-refractivity contribution in [3.63, 3.8) is 0 Å². The number of fused-ring (bicyclic) bond motifs is 1. The van der Waals surface area contributed by atoms with Gasteiger partial charge in [-0.3, -0.25) is 10.2 Å². The molecule has 0 bridgehead atoms. The van der Waals surface area contributed by atoms with E-state index in [4.69, 9.17) is 21.4 Å². The van der Waals surface area contributed by atoms with E-state index < -0.39 is 11.7 Å². The molecule has 5 rings (SSSR count). The highest BCUT2D eigenvalue weighted by molar-refractivity contribution is 8.27. The van der Waals surface area contributed by atoms with Gasteiger partial charge in [0, 0.05) is 11.5 Å². The van der Waals surface area contributed by atoms with Gasteiger partial charge in [0.15, 0.2) is 5.84 Å². The molecule has 158 valence electrons. The monoisotopic (exact) mass is 456 g/mol. The predicted molar refractivity (Wildman–Crippen MR) is 121 cm³/mol. The van der Waals surface area contributed by atoms with Crippen LogP contribution in [0, 0.1) is 17.1 Å². The number of amidine groups is 2. The van der Waals surface area contributed by atoms with Crippen molar-refractivity contribution in [3.05, 3.63) is 52.5 Å². The highest BCUT2D eigenvalue weighted by Crippen LogP contribution is 2.36. The van der Waals surface area contributed by atoms with Gasteiger partial charge < -0.3 is 4.42 Å². The average Bonchev–Trinajstić information content (AvgIpc) is 3.41. The predicted octanol–water partition coefficient (Wildman–Crippen LogP) is 5.94. The molecule has 1 fully saturated rings. The Labute approximate surface area is 187 Å². The molecule has 9 heteroatoms. The third-order valence-corrected chi connectivity index (χ3v) is 6.90. The summed E-state index contributed by atoms with van der Waals surface area (Å²) < 4.78 is 19.2. The van der Waals surface area contributed by atoms with Crippen LogP contribution < -0.4 is 0 Å². The van der Waals surface area contributed by atoms with Crippen molar-refractivity contribution in [2.24, 2.45) is 16.0 Å². The number of furan rings is 1. The van der Waals surface area contributed by atoms with Crippen molar-refractivity contribution in [1.29, 1.82) is 5.41 Å². The van der Waals surface area contributed by atoms with Crippen molar-refractivity contribution in [2.45, 2.75) is 32.1 Å². The Balaban J connectivity index is 1.40. The van der Waals surface area contributed by atoms with Gasteiger partial charge in [-0.1, -0.05) is 30.9 Å². The zero-order valence-electron chi connectivity index (χ0n) is 16.4. The number of carbonyl (C=O) groups is 1. The van der Waals surface area contributed by atoms with E-state index in [0.29, 0.717) is 28.2 Å². The van der Waals surface area contributed by atoms with Gasteiger partial charge in [0.2, 0.25) is 5.17 Å². The van der Waals surface area contributed by atoms with Gasteiger partial charge >= 0.3 is 0 Å². The van der Waals surface area contributed by atoms with Crippen LogP contribution in [0.25, 0.3) is 17.4 Å². The van der Waals surface area contributed by atoms with E-state index in [0.717, 1.165) is 17.9 Å². The zero-order valence-corrected chi connectivity index (χ0v) is 18.0. The Morgan fingerprint density at radius 1 is 1.23 bits per heavy atom. The number of aliphatic imine (C=N–C) groups is 1. The minimum Gasteiger partial charge on any atom is -0.457 e. The van der Waals surface area contributed by atoms with E-state index in [1.54, 1.807) is 18.2 Å². The molecule has 3 heterocycles. The number of hydrogen-bond acceptors (Lipinski definition) is 5. The second-order valence-corrected chi connectivity index (χ2v) is 9.02. The lowest BCUT2D eigenvalue weighted by atomic mass is 9.90. The van der Waals surface area contributed by atoms with E-state index in [2.05, 4.69) is 10.1 Å². The Hall–Kier alpha value is -2.71. The average molecular weight is 457 g/mol. The lowest BCUT2D eigenvalue weighted by Gasteiger charge is -2.20. The summed E-state index contributed by atoms with van der Waals surface area (Å²) >= 11 is 7.24. The van der Waals surface area contributed by atoms with Crippen LogP contribution in [-0.2, 0) is 4.79 Å². The first kappa shape index (κ1) is 20.2. The van der Waals surface area contributed by atoms with Crippen LogP contribution in [0.5, 0.6) is 0 Å². The molecule has 0 spiro atoms. The smallest absolute Gasteiger partial charge is 0.283 e. The van der Waals surface area contributed by atoms with Crippen LogP contribution in [0.1, 0.15) is 37.9 Å². The molecular formula is C22H18ClFN4O2S. The first-order valence-electron chi connectivity index (χ1n) is 10.0. The molecule has 2 aromatic rings. The third kappa shape index (κ3) is 3.85. The van der Waals surface area contributed by atoms with Crippen molar-refractivity contribution in [3.8, 4) is 11.3 Å². The number of thioether (sulfide) groups is 1. The molecule has 1 N–H and O–H groups in total. The number of hydrogen-bond donors (Lipinski definition) is 1. The second-order valence-electron chi connectivity index (χ2n) is 7.62. The fourth-order valence-corrected chi connectivity index (χ4v) is 5.14. The van der Waals surface area contributed by atoms with Crippen LogP contribution in [0.4, 0.5) is 4.39 Å². The van der Waals surface area contributed by atoms with E-state index in [-0.39, 0.29) is 16.4 Å². The van der Waals surface area contributed by atoms with Crippen LogP contribution in [0.15, 0.2) is 50.4 Å². The fraction of sp³-hybridized carbons (Fsp3) is 0.273. The summed E-state index contributed by atoms with van der Waals surface area (Å²) in [6, 6.07) is 7.67. The Bertz CT molecular complexity index is 1180. The number of amides is 1. The van der Waals surface area contributed by atoms with Gasteiger partial charge in [0.1, 0.15) is 22.4 Å². The van der Waals surface area contributed by atoms with E-state index in [1.165, 1.54) is 54.2 Å². The Morgan fingerprint density at radius 2 is 2.03 bits per heavy atom. The van der Waals surface area contributed by atoms with Crippen LogP contribution in [0.2, 0.25) is 5.02 Å². The second kappa shape index (κ2) is 8.09. The number of halogens is 2. The van der Waals surface area contributed by atoms with Crippen molar-refractivity contribution in [2.75, 3.05) is 0 Å². The topological polar surface area (TPSA) is 82.0 Å². The highest BCUT2D eigenvalue weighted by Gasteiger charge is 2.38. The summed E-state index contributed by atoms with van der Waals surface area (Å²) in [5.41, 5.74) is 0.718. The summed E-state index contributed by atoms with van der Waals surface area (Å²) in [6.45, 7) is 0. The van der Waals surface area contributed by atoms with Gasteiger partial charge in [0.05, 0.1) is 10.6 Å². The maximum Gasteiger partial charge on any atom is 0.283 e. The SMILES string of the molecule is N=C1/C(=C\c2ccc(-c3ccc(F)c(Cl)c3)o2)C(=O)N=C2SC(C3CCCCC3)=NN12. The van der Waals surface area contributed by atoms with Crippen LogP contribution >= 0.6 is 23.4 Å². The fourth-order valence-electron chi connectivity index (χ4n) is 3.90. The molecular weight excluding hydrogens is 439 g/mol. The standard InChI is InChI=1S/C22H18ClFN4O2S/c23-16-10-13(6-8-17(16)24)18-9-7-14(30-18)11-15-19(25)28-22(26-20(15)29)31-21(27-28)12-4-2-1-3-5-12/h6-12,25H,1-5H2/b15-11+,25-19?. The van der Waals surface area contributed by atoms with Crippen LogP contribution in [0.3, 0.4) is 0 Å². The highest BCUT2D eigenvalue weighted by atomic mass is 35.5. The number of benzene rings is 1. The maximum absolute atomic E-state index is 13.4. The minimum absolute atomic E-state index is 0.00178. The zero-order chi connectivity index (χ0) is 21.5. The molecule has 1 aromatic heterocycles. The van der Waals surface area contributed by atoms with E-state index >= 15 is 0 Å². The van der Waals surface area contributed by atoms with Gasteiger partial charge in [-0.15, -0.1) is 0 Å². The van der Waals surface area contributed by atoms with Crippen molar-refractivity contribution < 1.29 is 13.6 Å². The summed E-state index contributed by atoms with van der Waals surface area (Å²) in [7, 11) is 0. The van der Waals surface area contributed by atoms with Crippen molar-refractivity contribution in [1.82, 2.24) is 5.01 Å². The molecule has 6 nitrogen and oxygen atoms in total. The molecule has 3 aliphatic rings. The molecule has 31 heavy (non-hydrogen) atoms. The molecule has 0 saturated heterocycles. The molecule has 0 atom stereocenters. The first-order chi connectivity index (χ1) is 15.0. The van der Waals surface area contributed by atoms with Gasteiger partial charge in [-0.25, -0.2) is 4.39 Å². The molecule has 1 aliphatic carbocycles. The summed E-state index contributed by atoms with van der Waals surface area (Å²) in [6.07, 6.45) is 7.25. The molecule has 1 aromatic carbocycles. The number of nitrogens with zero attached hydrogens (tertiary/aromatic N) is 3. The quantitative estimate of drug-likeness (QED) is 0.579. The summed E-state index contributed by atoms with van der Waals surface area (Å²) in [4.78, 5) is 16.8. The third-order valence-electron chi connectivity index (χ3n) is 5.54. The summed E-state index contributed by atoms with van der Waals surface area (Å²) in [5.74, 6) is 0.207. The molecule has 0 radical (unpaired) electrons. The van der Waals surface area contributed by atoms with Crippen molar-refractivity contribution >= 4 is 51.4 Å². The minimum atomic E-state index is -0.508. The summed E-state index contributed by atoms with van der Waals surface area (Å²) in [5, 5.41) is 15.9. The van der Waals surface area contributed by atoms with Gasteiger partial charge in [-0.05, 0) is 61.0 Å². The Kier molecular flexibility index (Phi) is 5.27. The molecule has 2 aliphatic heterocycles. The normalized spacial score (nSPS) is 20.8. The first-order valence-corrected chi connectivity index (χ1v) is 11.2. The van der Waals surface area contributed by atoms with Gasteiger partial charge in [0.25, 0.3) is 5.91 Å². The van der Waals surface area contributed by atoms with Crippen LogP contribution in [-0.4, -0.2) is 27.0 Å². The molecule has 0 unspecified atom stereocenters. The van der Waals surface area contributed by atoms with Gasteiger partial charge in [-0.2, -0.15) is 15.1 Å². The number of nitrogens with one attached hydrogen (secondary N) is 1. The largest absolute Gasteiger partial charge is 0.457 e. The maximum atomic E-state index is 13.4. The Morgan fingerprint density at radius 3 is 2.81 bits per heavy atom. The molecule has 1 amide bonds. The lowest BCUT2D eigenvalue weighted by Crippen LogP contribution is -2.35. The number of hydrazone groups is 1. The van der Waals surface area contributed by atoms with E-state index in [9.17, 15) is 9.18 Å². The molecule has 1 saturated carbocycles.